The van der Waals surface area contributed by atoms with E-state index in [2.05, 4.69) is 81.4 Å². The van der Waals surface area contributed by atoms with Crippen molar-refractivity contribution < 1.29 is 74.4 Å². The zero-order chi connectivity index (χ0) is 94.4. The van der Waals surface area contributed by atoms with Crippen molar-refractivity contribution in [1.29, 1.82) is 5.26 Å². The van der Waals surface area contributed by atoms with Crippen LogP contribution < -0.4 is 26.6 Å². The molecule has 3 aromatic carbocycles. The number of furan rings is 5. The summed E-state index contributed by atoms with van der Waals surface area (Å²) in [7, 11) is 0. The number of aromatic nitrogens is 11. The van der Waals surface area contributed by atoms with Crippen LogP contribution in [0.5, 0.6) is 0 Å². The van der Waals surface area contributed by atoms with Gasteiger partial charge in [-0.05, 0) is 214 Å². The lowest BCUT2D eigenvalue weighted by atomic mass is 10.1. The topological polar surface area (TPSA) is 462 Å². The first-order chi connectivity index (χ1) is 66.3. The molecule has 1 saturated carbocycles. The molecular formula is C98H64FN17O15S5. The summed E-state index contributed by atoms with van der Waals surface area (Å²) < 4.78 is 40.2. The summed E-state index contributed by atoms with van der Waals surface area (Å²) >= 11 is 5.38. The number of amides is 5. The number of anilines is 5. The minimum absolute atomic E-state index is 0.0495. The van der Waals surface area contributed by atoms with Gasteiger partial charge in [0, 0.05) is 83.3 Å². The van der Waals surface area contributed by atoms with Crippen molar-refractivity contribution in [3.63, 3.8) is 0 Å². The van der Waals surface area contributed by atoms with Gasteiger partial charge in [-0.3, -0.25) is 99.1 Å². The van der Waals surface area contributed by atoms with Crippen LogP contribution in [0.1, 0.15) is 142 Å². The second-order valence-electron chi connectivity index (χ2n) is 28.5. The Morgan fingerprint density at radius 3 is 0.853 bits per heavy atom. The van der Waals surface area contributed by atoms with Crippen LogP contribution in [0.25, 0.3) is 57.3 Å². The Kier molecular flexibility index (Phi) is 29.1. The van der Waals surface area contributed by atoms with Gasteiger partial charge in [0.05, 0.1) is 42.9 Å². The molecule has 668 valence electrons. The van der Waals surface area contributed by atoms with E-state index in [4.69, 9.17) is 27.3 Å². The van der Waals surface area contributed by atoms with Gasteiger partial charge in [0.25, 0.3) is 23.6 Å². The van der Waals surface area contributed by atoms with Gasteiger partial charge in [0.1, 0.15) is 81.4 Å². The number of carbonyl (C=O) groups is 10. The number of halogens is 1. The van der Waals surface area contributed by atoms with Crippen molar-refractivity contribution in [1.82, 2.24) is 54.8 Å². The second kappa shape index (κ2) is 43.3. The number of nitrogens with one attached hydrogen (secondary N) is 5. The molecule has 0 spiro atoms. The number of hydrogen-bond donors (Lipinski definition) is 5. The molecule has 136 heavy (non-hydrogen) atoms. The standard InChI is InChI=1S/C21H12N4O3S.C21H15N3O3S.C20H12FN3O3S.C19H12N4O3S.C17H13N3O3S/c22-12-13-6-8-14(9-7-13)20(27)25-21-24-17(16-5-3-11-28-16)19(29-21)18(26)15-4-1-2-10-23-15;1-13-7-9-14(10-8-13)20(26)24-21-23-17(16-6-4-12-27-16)19(28-21)18(25)15-5-2-3-11-22-15;21-14-5-3-12(4-6-14)17(25)18-16(15-2-1-11-27-15)23-20(28-18)24-19(26)13-7-9-22-10-8-13;24-16(13-4-1-2-8-21-13)17-15(14-5-3-11-26-14)22-19(27-17)23-18(25)12-6-9-20-10-7-12;21-14(11-4-1-2-8-18-11)15-13(12-5-3-9-23-12)19-17(24-15)20-16(22)10-6-7-10/h1-11H,(H,24,25,27);2-12H,1H3,(H,23,24,26);1-11H,(H,23,24,26);1-11H,(H,22,23,25);1-5,8-10H,6-7H2,(H,19,20,22). The summed E-state index contributed by atoms with van der Waals surface area (Å²) in [5.74, 6) is -1.10. The number of carbonyl (C=O) groups excluding carboxylic acids is 10. The Hall–Kier alpha value is -17.8. The van der Waals surface area contributed by atoms with Crippen molar-refractivity contribution in [2.75, 3.05) is 26.6 Å². The SMILES string of the molecule is Cc1ccc(C(=O)Nc2nc(-c3ccco3)c(C(=O)c3ccccn3)s2)cc1.N#Cc1ccc(C(=O)Nc2nc(-c3ccco3)c(C(=O)c3ccccn3)s2)cc1.O=C(Nc1nc(-c2ccco2)c(C(=O)c2ccc(F)cc2)s1)c1ccncc1.O=C(Nc1nc(-c2ccco2)c(C(=O)c2ccccn2)s1)c1ccncc1.O=C(c1ccccn1)c1sc(NC(=O)C2CC2)nc1-c1ccco1. The summed E-state index contributed by atoms with van der Waals surface area (Å²) in [4.78, 5) is 174. The average molecular weight is 1900 g/mol. The Morgan fingerprint density at radius 1 is 0.316 bits per heavy atom. The zero-order valence-electron chi connectivity index (χ0n) is 70.3. The van der Waals surface area contributed by atoms with Gasteiger partial charge in [0.15, 0.2) is 54.5 Å². The highest BCUT2D eigenvalue weighted by molar-refractivity contribution is 7.20. The lowest BCUT2D eigenvalue weighted by molar-refractivity contribution is -0.117. The molecule has 0 atom stereocenters. The molecule has 16 heterocycles. The second-order valence-corrected chi connectivity index (χ2v) is 33.5. The normalized spacial score (nSPS) is 11.1. The van der Waals surface area contributed by atoms with Crippen LogP contribution in [0, 0.1) is 30.0 Å². The number of nitrogens with zero attached hydrogens (tertiary/aromatic N) is 12. The van der Waals surface area contributed by atoms with E-state index in [0.717, 1.165) is 75.1 Å². The van der Waals surface area contributed by atoms with E-state index >= 15 is 0 Å². The minimum Gasteiger partial charge on any atom is -0.463 e. The molecule has 0 radical (unpaired) electrons. The first kappa shape index (κ1) is 91.5. The van der Waals surface area contributed by atoms with Crippen LogP contribution in [0.15, 0.2) is 333 Å². The maximum absolute atomic E-state index is 13.2. The van der Waals surface area contributed by atoms with Crippen LogP contribution in [-0.2, 0) is 4.79 Å². The molecule has 32 nitrogen and oxygen atoms in total. The Labute approximate surface area is 788 Å². The summed E-state index contributed by atoms with van der Waals surface area (Å²) in [6.45, 7) is 1.95. The van der Waals surface area contributed by atoms with E-state index in [1.165, 1.54) is 86.6 Å². The van der Waals surface area contributed by atoms with Crippen LogP contribution in [-0.4, -0.2) is 113 Å². The van der Waals surface area contributed by atoms with E-state index in [1.54, 1.807) is 213 Å². The third-order valence-corrected chi connectivity index (χ3v) is 24.0. The highest BCUT2D eigenvalue weighted by Crippen LogP contribution is 2.40. The number of nitriles is 1. The Bertz CT molecular complexity index is 7470. The third kappa shape index (κ3) is 22.8. The van der Waals surface area contributed by atoms with Gasteiger partial charge >= 0.3 is 0 Å². The molecule has 1 fully saturated rings. The van der Waals surface area contributed by atoms with Crippen molar-refractivity contribution in [3.8, 4) is 63.3 Å². The quantitative estimate of drug-likeness (QED) is 0.0332. The summed E-state index contributed by atoms with van der Waals surface area (Å²) in [6, 6.07) is 64.5. The highest BCUT2D eigenvalue weighted by atomic mass is 32.1. The van der Waals surface area contributed by atoms with Gasteiger partial charge in [-0.15, -0.1) is 0 Å². The van der Waals surface area contributed by atoms with Gasteiger partial charge < -0.3 is 27.4 Å². The Balaban J connectivity index is 0.000000123. The van der Waals surface area contributed by atoms with Gasteiger partial charge in [-0.1, -0.05) is 98.6 Å². The molecule has 16 aromatic heterocycles. The third-order valence-electron chi connectivity index (χ3n) is 19.2. The van der Waals surface area contributed by atoms with Crippen molar-refractivity contribution in [2.45, 2.75) is 19.8 Å². The minimum atomic E-state index is -0.433. The molecule has 1 aliphatic carbocycles. The van der Waals surface area contributed by atoms with Crippen molar-refractivity contribution in [2.24, 2.45) is 5.92 Å². The van der Waals surface area contributed by atoms with E-state index in [-0.39, 0.29) is 79.3 Å². The molecule has 0 saturated heterocycles. The summed E-state index contributed by atoms with van der Waals surface area (Å²) in [5.41, 5.74) is 6.59. The van der Waals surface area contributed by atoms with Crippen molar-refractivity contribution >= 4 is 141 Å². The molecule has 19 aromatic rings. The Morgan fingerprint density at radius 2 is 0.588 bits per heavy atom. The van der Waals surface area contributed by atoms with Gasteiger partial charge in [-0.2, -0.15) is 5.26 Å². The summed E-state index contributed by atoms with van der Waals surface area (Å²) in [5, 5.41) is 24.0. The number of pyridine rings is 6. The van der Waals surface area contributed by atoms with Crippen LogP contribution in [0.4, 0.5) is 30.0 Å². The lowest BCUT2D eigenvalue weighted by Gasteiger charge is -2.01. The smallest absolute Gasteiger partial charge is 0.257 e. The molecular weight excluding hydrogens is 1830 g/mol. The molecule has 5 N–H and O–H groups in total. The maximum Gasteiger partial charge on any atom is 0.257 e. The predicted octanol–water partition coefficient (Wildman–Crippen LogP) is 20.2. The molecule has 1 aliphatic rings. The fourth-order valence-corrected chi connectivity index (χ4v) is 17.0. The maximum atomic E-state index is 13.2. The summed E-state index contributed by atoms with van der Waals surface area (Å²) in [6.07, 6.45) is 21.6. The van der Waals surface area contributed by atoms with Crippen molar-refractivity contribution in [3.05, 3.63) is 403 Å². The number of thiazole rings is 5. The molecule has 0 bridgehead atoms. The number of ketones is 5. The molecule has 5 amide bonds. The van der Waals surface area contributed by atoms with Crippen LogP contribution in [0.3, 0.4) is 0 Å². The van der Waals surface area contributed by atoms with Crippen LogP contribution in [0.2, 0.25) is 0 Å². The fourth-order valence-electron chi connectivity index (χ4n) is 12.4. The average Bonchev–Trinajstić information content (AvgIpc) is 1.67. The van der Waals surface area contributed by atoms with E-state index in [1.807, 2.05) is 25.1 Å². The molecule has 0 aliphatic heterocycles. The number of rotatable bonds is 25. The largest absolute Gasteiger partial charge is 0.463 e. The lowest BCUT2D eigenvalue weighted by Crippen LogP contribution is -2.12. The highest BCUT2D eigenvalue weighted by Gasteiger charge is 2.33. The predicted molar refractivity (Wildman–Crippen MR) is 504 cm³/mol. The molecule has 20 rings (SSSR count). The number of benzene rings is 3. The first-order valence-corrected chi connectivity index (χ1v) is 44.7. The molecule has 0 unspecified atom stereocenters. The van der Waals surface area contributed by atoms with Gasteiger partial charge in [-0.25, -0.2) is 29.3 Å². The molecule has 38 heteroatoms. The van der Waals surface area contributed by atoms with Crippen LogP contribution >= 0.6 is 56.7 Å². The van der Waals surface area contributed by atoms with E-state index < -0.39 is 11.7 Å². The first-order valence-electron chi connectivity index (χ1n) is 40.6. The monoisotopic (exact) mass is 1900 g/mol. The van der Waals surface area contributed by atoms with E-state index in [9.17, 15) is 52.3 Å². The number of aryl methyl sites for hydroxylation is 1. The van der Waals surface area contributed by atoms with Gasteiger partial charge in [0.2, 0.25) is 34.8 Å². The number of hydrogen-bond acceptors (Lipinski definition) is 32. The zero-order valence-corrected chi connectivity index (χ0v) is 74.4. The fraction of sp³-hybridized carbons (Fsp3) is 0.0408. The van der Waals surface area contributed by atoms with E-state index in [0.29, 0.717) is 143 Å².